The number of carbonyl (C=O) groups excluding carboxylic acids is 1. The number of benzene rings is 1. The summed E-state index contributed by atoms with van der Waals surface area (Å²) in [6, 6.07) is 1.41. The molecule has 0 saturated carbocycles. The number of carbonyl (C=O) groups is 1. The second-order valence-electron chi connectivity index (χ2n) is 3.62. The number of nitrogens with two attached hydrogens (primary N) is 1. The van der Waals surface area contributed by atoms with E-state index in [0.29, 0.717) is 12.1 Å². The molecule has 7 heteroatoms. The topological polar surface area (TPSA) is 52.3 Å². The van der Waals surface area contributed by atoms with Gasteiger partial charge < -0.3 is 10.5 Å². The van der Waals surface area contributed by atoms with Gasteiger partial charge >= 0.3 is 12.1 Å². The van der Waals surface area contributed by atoms with E-state index in [4.69, 9.17) is 5.73 Å². The van der Waals surface area contributed by atoms with Gasteiger partial charge in [-0.15, -0.1) is 0 Å². The molecule has 1 atom stereocenters. The van der Waals surface area contributed by atoms with Crippen molar-refractivity contribution < 1.29 is 27.1 Å². The van der Waals surface area contributed by atoms with Crippen LogP contribution in [0.5, 0.6) is 0 Å². The molecule has 1 aromatic carbocycles. The number of alkyl halides is 3. The SMILES string of the molecule is COC(=O)C[C@H](N)c1ccc(F)c(C(F)(F)F)c1. The van der Waals surface area contributed by atoms with Crippen molar-refractivity contribution in [2.45, 2.75) is 18.6 Å². The van der Waals surface area contributed by atoms with Crippen LogP contribution < -0.4 is 5.73 Å². The summed E-state index contributed by atoms with van der Waals surface area (Å²) in [6.07, 6.45) is -5.08. The number of hydrogen-bond acceptors (Lipinski definition) is 3. The van der Waals surface area contributed by atoms with Crippen LogP contribution in [0.15, 0.2) is 18.2 Å². The third kappa shape index (κ3) is 3.43. The van der Waals surface area contributed by atoms with Crippen molar-refractivity contribution in [3.8, 4) is 0 Å². The quantitative estimate of drug-likeness (QED) is 0.674. The number of halogens is 4. The molecule has 0 aromatic heterocycles. The van der Waals surface area contributed by atoms with E-state index in [-0.39, 0.29) is 12.0 Å². The zero-order valence-electron chi connectivity index (χ0n) is 9.42. The normalized spacial score (nSPS) is 13.2. The van der Waals surface area contributed by atoms with Gasteiger partial charge in [0.2, 0.25) is 0 Å². The van der Waals surface area contributed by atoms with Crippen molar-refractivity contribution in [2.24, 2.45) is 5.73 Å². The number of rotatable bonds is 3. The van der Waals surface area contributed by atoms with Crippen LogP contribution in [0, 0.1) is 5.82 Å². The third-order valence-corrected chi connectivity index (χ3v) is 2.34. The molecule has 0 fully saturated rings. The summed E-state index contributed by atoms with van der Waals surface area (Å²) in [7, 11) is 1.14. The maximum absolute atomic E-state index is 13.0. The van der Waals surface area contributed by atoms with E-state index in [9.17, 15) is 22.4 Å². The largest absolute Gasteiger partial charge is 0.469 e. The lowest BCUT2D eigenvalue weighted by Gasteiger charge is -2.14. The highest BCUT2D eigenvalue weighted by atomic mass is 19.4. The lowest BCUT2D eigenvalue weighted by Crippen LogP contribution is -2.18. The molecule has 0 aliphatic heterocycles. The van der Waals surface area contributed by atoms with Gasteiger partial charge in [-0.05, 0) is 17.7 Å². The van der Waals surface area contributed by atoms with E-state index in [1.807, 2.05) is 0 Å². The van der Waals surface area contributed by atoms with Gasteiger partial charge in [-0.3, -0.25) is 4.79 Å². The zero-order valence-corrected chi connectivity index (χ0v) is 9.42. The van der Waals surface area contributed by atoms with Crippen molar-refractivity contribution in [3.63, 3.8) is 0 Å². The summed E-state index contributed by atoms with van der Waals surface area (Å²) in [6.45, 7) is 0. The molecule has 0 spiro atoms. The number of esters is 1. The Bertz CT molecular complexity index is 445. The van der Waals surface area contributed by atoms with Gasteiger partial charge in [0.05, 0.1) is 19.1 Å². The fourth-order valence-electron chi connectivity index (χ4n) is 1.37. The van der Waals surface area contributed by atoms with Crippen LogP contribution in [-0.2, 0) is 15.7 Å². The number of ether oxygens (including phenoxy) is 1. The Labute approximate surface area is 101 Å². The third-order valence-electron chi connectivity index (χ3n) is 2.34. The van der Waals surface area contributed by atoms with E-state index < -0.39 is 29.6 Å². The Morgan fingerprint density at radius 3 is 2.56 bits per heavy atom. The van der Waals surface area contributed by atoms with Gasteiger partial charge in [0.1, 0.15) is 5.82 Å². The first-order chi connectivity index (χ1) is 8.25. The van der Waals surface area contributed by atoms with E-state index >= 15 is 0 Å². The smallest absolute Gasteiger partial charge is 0.419 e. The molecule has 0 saturated heterocycles. The van der Waals surface area contributed by atoms with Crippen molar-refractivity contribution in [3.05, 3.63) is 35.1 Å². The highest BCUT2D eigenvalue weighted by Gasteiger charge is 2.34. The van der Waals surface area contributed by atoms with Crippen LogP contribution >= 0.6 is 0 Å². The lowest BCUT2D eigenvalue weighted by atomic mass is 10.0. The molecule has 2 N–H and O–H groups in total. The fourth-order valence-corrected chi connectivity index (χ4v) is 1.37. The molecule has 3 nitrogen and oxygen atoms in total. The minimum absolute atomic E-state index is 0.0223. The monoisotopic (exact) mass is 265 g/mol. The van der Waals surface area contributed by atoms with Crippen LogP contribution in [-0.4, -0.2) is 13.1 Å². The highest BCUT2D eigenvalue weighted by Crippen LogP contribution is 2.33. The summed E-state index contributed by atoms with van der Waals surface area (Å²) in [5.41, 5.74) is 4.16. The molecule has 0 unspecified atom stereocenters. The summed E-state index contributed by atoms with van der Waals surface area (Å²) in [4.78, 5) is 10.9. The maximum atomic E-state index is 13.0. The molecule has 0 amide bonds. The minimum Gasteiger partial charge on any atom is -0.469 e. The van der Waals surface area contributed by atoms with E-state index in [0.717, 1.165) is 13.2 Å². The molecule has 0 aliphatic carbocycles. The molecule has 0 heterocycles. The Morgan fingerprint density at radius 2 is 2.06 bits per heavy atom. The first-order valence-electron chi connectivity index (χ1n) is 4.94. The summed E-state index contributed by atoms with van der Waals surface area (Å²) < 4.78 is 54.7. The van der Waals surface area contributed by atoms with Gasteiger partial charge in [-0.2, -0.15) is 13.2 Å². The Hall–Kier alpha value is -1.63. The molecule has 1 rings (SSSR count). The van der Waals surface area contributed by atoms with E-state index in [1.165, 1.54) is 0 Å². The predicted molar refractivity (Wildman–Crippen MR) is 55.0 cm³/mol. The van der Waals surface area contributed by atoms with Crippen LogP contribution in [0.4, 0.5) is 17.6 Å². The van der Waals surface area contributed by atoms with E-state index in [1.54, 1.807) is 0 Å². The average Bonchev–Trinajstić information content (AvgIpc) is 2.27. The van der Waals surface area contributed by atoms with Gasteiger partial charge in [0, 0.05) is 6.04 Å². The van der Waals surface area contributed by atoms with E-state index in [2.05, 4.69) is 4.74 Å². The average molecular weight is 265 g/mol. The number of hydrogen-bond donors (Lipinski definition) is 1. The molecule has 0 aliphatic rings. The maximum Gasteiger partial charge on any atom is 0.419 e. The van der Waals surface area contributed by atoms with Gasteiger partial charge in [-0.1, -0.05) is 6.07 Å². The zero-order chi connectivity index (χ0) is 13.9. The Balaban J connectivity index is 3.01. The first-order valence-corrected chi connectivity index (χ1v) is 4.94. The molecule has 1 aromatic rings. The van der Waals surface area contributed by atoms with Gasteiger partial charge in [0.15, 0.2) is 0 Å². The summed E-state index contributed by atoms with van der Waals surface area (Å²) in [5.74, 6) is -2.03. The Morgan fingerprint density at radius 1 is 1.44 bits per heavy atom. The van der Waals surface area contributed by atoms with Crippen molar-refractivity contribution in [1.82, 2.24) is 0 Å². The standard InChI is InChI=1S/C11H11F4NO2/c1-18-10(17)5-9(16)6-2-3-8(12)7(4-6)11(13,14)15/h2-4,9H,5,16H2,1H3/t9-/m0/s1. The molecule has 0 bridgehead atoms. The molecular formula is C11H11F4NO2. The minimum atomic E-state index is -4.80. The molecule has 18 heavy (non-hydrogen) atoms. The van der Waals surface area contributed by atoms with Crippen LogP contribution in [0.1, 0.15) is 23.6 Å². The lowest BCUT2D eigenvalue weighted by molar-refractivity contribution is -0.141. The Kier molecular flexibility index (Phi) is 4.28. The van der Waals surface area contributed by atoms with Crippen LogP contribution in [0.25, 0.3) is 0 Å². The fraction of sp³-hybridized carbons (Fsp3) is 0.364. The second-order valence-corrected chi connectivity index (χ2v) is 3.62. The number of methoxy groups -OCH3 is 1. The summed E-state index contributed by atoms with van der Waals surface area (Å²) in [5, 5.41) is 0. The predicted octanol–water partition coefficient (Wildman–Crippen LogP) is 2.41. The van der Waals surface area contributed by atoms with Crippen molar-refractivity contribution >= 4 is 5.97 Å². The van der Waals surface area contributed by atoms with Gasteiger partial charge in [-0.25, -0.2) is 4.39 Å². The molecular weight excluding hydrogens is 254 g/mol. The second kappa shape index (κ2) is 5.34. The van der Waals surface area contributed by atoms with Crippen molar-refractivity contribution in [1.29, 1.82) is 0 Å². The first kappa shape index (κ1) is 14.4. The van der Waals surface area contributed by atoms with Crippen LogP contribution in [0.2, 0.25) is 0 Å². The summed E-state index contributed by atoms with van der Waals surface area (Å²) >= 11 is 0. The molecule has 0 radical (unpaired) electrons. The van der Waals surface area contributed by atoms with Gasteiger partial charge in [0.25, 0.3) is 0 Å². The highest BCUT2D eigenvalue weighted by molar-refractivity contribution is 5.70. The molecule has 100 valence electrons. The van der Waals surface area contributed by atoms with Crippen LogP contribution in [0.3, 0.4) is 0 Å². The van der Waals surface area contributed by atoms with Crippen molar-refractivity contribution in [2.75, 3.05) is 7.11 Å².